The zero-order valence-corrected chi connectivity index (χ0v) is 14.5. The molecule has 1 aliphatic rings. The van der Waals surface area contributed by atoms with Crippen LogP contribution in [-0.2, 0) is 11.4 Å². The molecule has 1 amide bonds. The monoisotopic (exact) mass is 339 g/mol. The van der Waals surface area contributed by atoms with Crippen molar-refractivity contribution in [3.05, 3.63) is 65.7 Å². The standard InChI is InChI=1S/C21H25NO3/c1-15(11-12-23)22-21(24)20-13-19(20)17-7-9-18(10-8-17)25-14-16-5-3-2-4-6-16/h2-10,15,19-20,23H,11-14H2,1H3,(H,22,24). The Morgan fingerprint density at radius 3 is 2.60 bits per heavy atom. The summed E-state index contributed by atoms with van der Waals surface area (Å²) in [4.78, 5) is 12.2. The molecule has 0 aromatic heterocycles. The Morgan fingerprint density at radius 1 is 1.20 bits per heavy atom. The minimum Gasteiger partial charge on any atom is -0.489 e. The fourth-order valence-corrected chi connectivity index (χ4v) is 3.02. The summed E-state index contributed by atoms with van der Waals surface area (Å²) in [6.07, 6.45) is 1.48. The van der Waals surface area contributed by atoms with E-state index in [1.807, 2.05) is 49.4 Å². The largest absolute Gasteiger partial charge is 0.489 e. The second-order valence-electron chi connectivity index (χ2n) is 6.71. The molecule has 0 aliphatic heterocycles. The van der Waals surface area contributed by atoms with E-state index in [2.05, 4.69) is 17.4 Å². The van der Waals surface area contributed by atoms with Crippen molar-refractivity contribution in [3.8, 4) is 5.75 Å². The maximum atomic E-state index is 12.2. The van der Waals surface area contributed by atoms with Crippen molar-refractivity contribution in [2.24, 2.45) is 5.92 Å². The average molecular weight is 339 g/mol. The smallest absolute Gasteiger partial charge is 0.223 e. The molecule has 3 rings (SSSR count). The van der Waals surface area contributed by atoms with Gasteiger partial charge in [-0.05, 0) is 48.9 Å². The van der Waals surface area contributed by atoms with E-state index < -0.39 is 0 Å². The second kappa shape index (κ2) is 8.17. The summed E-state index contributed by atoms with van der Waals surface area (Å²) < 4.78 is 5.80. The first-order chi connectivity index (χ1) is 12.2. The fraction of sp³-hybridized carbons (Fsp3) is 0.381. The van der Waals surface area contributed by atoms with Gasteiger partial charge in [0.1, 0.15) is 12.4 Å². The van der Waals surface area contributed by atoms with Crippen molar-refractivity contribution in [2.45, 2.75) is 38.3 Å². The van der Waals surface area contributed by atoms with Crippen LogP contribution in [0.1, 0.15) is 36.8 Å². The van der Waals surface area contributed by atoms with E-state index in [1.54, 1.807) is 0 Å². The van der Waals surface area contributed by atoms with Crippen LogP contribution in [0.5, 0.6) is 5.75 Å². The molecular formula is C21H25NO3. The van der Waals surface area contributed by atoms with Crippen molar-refractivity contribution in [1.82, 2.24) is 5.32 Å². The zero-order chi connectivity index (χ0) is 17.6. The maximum Gasteiger partial charge on any atom is 0.223 e. The van der Waals surface area contributed by atoms with E-state index in [0.29, 0.717) is 18.9 Å². The number of nitrogens with one attached hydrogen (secondary N) is 1. The van der Waals surface area contributed by atoms with Crippen molar-refractivity contribution in [1.29, 1.82) is 0 Å². The van der Waals surface area contributed by atoms with Crippen LogP contribution in [0, 0.1) is 5.92 Å². The molecule has 1 saturated carbocycles. The molecule has 2 aromatic carbocycles. The predicted octanol–water partition coefficient (Wildman–Crippen LogP) is 3.26. The lowest BCUT2D eigenvalue weighted by Gasteiger charge is -2.12. The van der Waals surface area contributed by atoms with Gasteiger partial charge < -0.3 is 15.2 Å². The highest BCUT2D eigenvalue weighted by Crippen LogP contribution is 2.47. The van der Waals surface area contributed by atoms with Crippen LogP contribution < -0.4 is 10.1 Å². The summed E-state index contributed by atoms with van der Waals surface area (Å²) in [5, 5.41) is 11.9. The van der Waals surface area contributed by atoms with Crippen molar-refractivity contribution < 1.29 is 14.6 Å². The van der Waals surface area contributed by atoms with Crippen LogP contribution in [0.3, 0.4) is 0 Å². The van der Waals surface area contributed by atoms with Gasteiger partial charge in [-0.25, -0.2) is 0 Å². The summed E-state index contributed by atoms with van der Waals surface area (Å²) in [6, 6.07) is 18.1. The fourth-order valence-electron chi connectivity index (χ4n) is 3.02. The number of hydrogen-bond acceptors (Lipinski definition) is 3. The van der Waals surface area contributed by atoms with Gasteiger partial charge in [-0.1, -0.05) is 42.5 Å². The lowest BCUT2D eigenvalue weighted by Crippen LogP contribution is -2.34. The number of carbonyl (C=O) groups excluding carboxylic acids is 1. The van der Waals surface area contributed by atoms with E-state index in [9.17, 15) is 4.79 Å². The zero-order valence-electron chi connectivity index (χ0n) is 14.5. The Balaban J connectivity index is 1.49. The van der Waals surface area contributed by atoms with Crippen LogP contribution in [0.25, 0.3) is 0 Å². The number of benzene rings is 2. The minimum atomic E-state index is 0.0208. The van der Waals surface area contributed by atoms with E-state index in [-0.39, 0.29) is 24.5 Å². The Hall–Kier alpha value is -2.33. The molecule has 1 fully saturated rings. The third-order valence-electron chi connectivity index (χ3n) is 4.63. The molecule has 4 nitrogen and oxygen atoms in total. The van der Waals surface area contributed by atoms with Crippen molar-refractivity contribution >= 4 is 5.91 Å². The molecule has 4 heteroatoms. The summed E-state index contributed by atoms with van der Waals surface area (Å²) >= 11 is 0. The molecule has 0 heterocycles. The first kappa shape index (κ1) is 17.5. The molecule has 1 aliphatic carbocycles. The molecule has 0 radical (unpaired) electrons. The van der Waals surface area contributed by atoms with Crippen molar-refractivity contribution in [3.63, 3.8) is 0 Å². The Bertz CT molecular complexity index is 684. The number of ether oxygens (including phenoxy) is 1. The number of aliphatic hydroxyl groups is 1. The summed E-state index contributed by atoms with van der Waals surface area (Å²) in [7, 11) is 0. The number of rotatable bonds is 8. The lowest BCUT2D eigenvalue weighted by atomic mass is 10.1. The minimum absolute atomic E-state index is 0.0208. The summed E-state index contributed by atoms with van der Waals surface area (Å²) in [6.45, 7) is 2.57. The molecule has 0 bridgehead atoms. The molecular weight excluding hydrogens is 314 g/mol. The predicted molar refractivity (Wildman–Crippen MR) is 97.4 cm³/mol. The number of carbonyl (C=O) groups is 1. The summed E-state index contributed by atoms with van der Waals surface area (Å²) in [5.41, 5.74) is 2.32. The molecule has 0 saturated heterocycles. The summed E-state index contributed by atoms with van der Waals surface area (Å²) in [5.74, 6) is 1.28. The van der Waals surface area contributed by atoms with E-state index in [0.717, 1.165) is 17.7 Å². The first-order valence-corrected chi connectivity index (χ1v) is 8.85. The highest BCUT2D eigenvalue weighted by molar-refractivity contribution is 5.83. The quantitative estimate of drug-likeness (QED) is 0.776. The van der Waals surface area contributed by atoms with Crippen LogP contribution in [0.4, 0.5) is 0 Å². The lowest BCUT2D eigenvalue weighted by molar-refractivity contribution is -0.123. The molecule has 0 spiro atoms. The van der Waals surface area contributed by atoms with E-state index in [1.165, 1.54) is 5.56 Å². The molecule has 3 unspecified atom stereocenters. The van der Waals surface area contributed by atoms with Gasteiger partial charge in [0.2, 0.25) is 5.91 Å². The SMILES string of the molecule is CC(CCO)NC(=O)C1CC1c1ccc(OCc2ccccc2)cc1. The molecule has 132 valence electrons. The van der Waals surface area contributed by atoms with Crippen LogP contribution in [-0.4, -0.2) is 23.7 Å². The third-order valence-corrected chi connectivity index (χ3v) is 4.63. The van der Waals surface area contributed by atoms with Gasteiger partial charge in [-0.3, -0.25) is 4.79 Å². The van der Waals surface area contributed by atoms with Crippen molar-refractivity contribution in [2.75, 3.05) is 6.61 Å². The van der Waals surface area contributed by atoms with Gasteiger partial charge in [-0.15, -0.1) is 0 Å². The second-order valence-corrected chi connectivity index (χ2v) is 6.71. The van der Waals surface area contributed by atoms with Gasteiger partial charge in [0, 0.05) is 18.6 Å². The van der Waals surface area contributed by atoms with Gasteiger partial charge in [0.15, 0.2) is 0 Å². The van der Waals surface area contributed by atoms with Gasteiger partial charge in [0.05, 0.1) is 0 Å². The topological polar surface area (TPSA) is 58.6 Å². The van der Waals surface area contributed by atoms with Gasteiger partial charge in [0.25, 0.3) is 0 Å². The van der Waals surface area contributed by atoms with E-state index in [4.69, 9.17) is 9.84 Å². The Kier molecular flexibility index (Phi) is 5.71. The van der Waals surface area contributed by atoms with Crippen LogP contribution in [0.2, 0.25) is 0 Å². The molecule has 3 atom stereocenters. The highest BCUT2D eigenvalue weighted by atomic mass is 16.5. The van der Waals surface area contributed by atoms with Gasteiger partial charge in [-0.2, -0.15) is 0 Å². The molecule has 25 heavy (non-hydrogen) atoms. The highest BCUT2D eigenvalue weighted by Gasteiger charge is 2.44. The van der Waals surface area contributed by atoms with Crippen LogP contribution in [0.15, 0.2) is 54.6 Å². The molecule has 2 N–H and O–H groups in total. The third kappa shape index (κ3) is 4.83. The number of aliphatic hydroxyl groups excluding tert-OH is 1. The normalized spacial score (nSPS) is 19.9. The first-order valence-electron chi connectivity index (χ1n) is 8.85. The molecule has 2 aromatic rings. The average Bonchev–Trinajstić information content (AvgIpc) is 3.42. The number of amides is 1. The Morgan fingerprint density at radius 2 is 1.92 bits per heavy atom. The van der Waals surface area contributed by atoms with Crippen LogP contribution >= 0.6 is 0 Å². The maximum absolute atomic E-state index is 12.2. The van der Waals surface area contributed by atoms with E-state index >= 15 is 0 Å². The number of hydrogen-bond donors (Lipinski definition) is 2. The Labute approximate surface area is 148 Å². The van der Waals surface area contributed by atoms with Gasteiger partial charge >= 0.3 is 0 Å².